The summed E-state index contributed by atoms with van der Waals surface area (Å²) in [5.74, 6) is 1.28. The summed E-state index contributed by atoms with van der Waals surface area (Å²) in [4.78, 5) is 29.5. The number of likely N-dealkylation sites (tertiary alicyclic amines) is 1. The van der Waals surface area contributed by atoms with E-state index in [-0.39, 0.29) is 0 Å². The van der Waals surface area contributed by atoms with Crippen LogP contribution >= 0.6 is 0 Å². The van der Waals surface area contributed by atoms with Crippen LogP contribution in [0.3, 0.4) is 0 Å². The zero-order valence-electron chi connectivity index (χ0n) is 16.3. The van der Waals surface area contributed by atoms with Crippen LogP contribution in [0.15, 0.2) is 24.5 Å². The van der Waals surface area contributed by atoms with E-state index in [4.69, 9.17) is 0 Å². The second-order valence-electron chi connectivity index (χ2n) is 7.61. The quantitative estimate of drug-likeness (QED) is 0.796. The number of carbonyl (C=O) groups excluding carboxylic acids is 1. The van der Waals surface area contributed by atoms with Gasteiger partial charge in [-0.2, -0.15) is 0 Å². The van der Waals surface area contributed by atoms with E-state index in [1.54, 1.807) is 6.33 Å². The molecular formula is C20H28N6O. The number of rotatable bonds is 5. The predicted molar refractivity (Wildman–Crippen MR) is 108 cm³/mol. The number of aromatic nitrogens is 2. The van der Waals surface area contributed by atoms with Gasteiger partial charge in [0, 0.05) is 77.4 Å². The highest BCUT2D eigenvalue weighted by Gasteiger charge is 2.22. The molecule has 1 aromatic carbocycles. The lowest BCUT2D eigenvalue weighted by atomic mass is 10.1. The molecule has 2 aliphatic heterocycles. The zero-order chi connectivity index (χ0) is 18.8. The lowest BCUT2D eigenvalue weighted by molar-refractivity contribution is -0.127. The van der Waals surface area contributed by atoms with Gasteiger partial charge in [-0.3, -0.25) is 9.69 Å². The van der Waals surface area contributed by atoms with Gasteiger partial charge in [-0.05, 0) is 24.6 Å². The molecule has 144 valence electrons. The SMILES string of the molecule is CN(C)c1ncnc2ccc(N3CCN(CCN4CCCC4=O)CC3)cc12. The summed E-state index contributed by atoms with van der Waals surface area (Å²) in [5.41, 5.74) is 2.21. The Labute approximate surface area is 160 Å². The minimum Gasteiger partial charge on any atom is -0.369 e. The Balaban J connectivity index is 1.39. The molecule has 2 saturated heterocycles. The molecular weight excluding hydrogens is 340 g/mol. The number of amides is 1. The molecule has 2 aliphatic rings. The molecule has 3 heterocycles. The van der Waals surface area contributed by atoms with Crippen molar-refractivity contribution in [3.8, 4) is 0 Å². The number of benzene rings is 1. The van der Waals surface area contributed by atoms with Gasteiger partial charge in [-0.15, -0.1) is 0 Å². The fourth-order valence-corrected chi connectivity index (χ4v) is 4.02. The normalized spacial score (nSPS) is 18.5. The maximum Gasteiger partial charge on any atom is 0.222 e. The molecule has 27 heavy (non-hydrogen) atoms. The van der Waals surface area contributed by atoms with Crippen LogP contribution in [-0.4, -0.2) is 85.6 Å². The highest BCUT2D eigenvalue weighted by Crippen LogP contribution is 2.27. The molecule has 4 rings (SSSR count). The van der Waals surface area contributed by atoms with Gasteiger partial charge >= 0.3 is 0 Å². The first kappa shape index (κ1) is 18.0. The molecule has 7 nitrogen and oxygen atoms in total. The molecule has 7 heteroatoms. The van der Waals surface area contributed by atoms with Crippen LogP contribution in [0.2, 0.25) is 0 Å². The van der Waals surface area contributed by atoms with Crippen molar-refractivity contribution in [2.24, 2.45) is 0 Å². The fourth-order valence-electron chi connectivity index (χ4n) is 4.02. The number of piperazine rings is 1. The number of hydrogen-bond donors (Lipinski definition) is 0. The Morgan fingerprint density at radius 3 is 2.56 bits per heavy atom. The first-order valence-electron chi connectivity index (χ1n) is 9.79. The minimum absolute atomic E-state index is 0.323. The highest BCUT2D eigenvalue weighted by molar-refractivity contribution is 5.91. The minimum atomic E-state index is 0.323. The Kier molecular flexibility index (Phi) is 5.11. The van der Waals surface area contributed by atoms with Crippen LogP contribution < -0.4 is 9.80 Å². The Hall–Kier alpha value is -2.41. The summed E-state index contributed by atoms with van der Waals surface area (Å²) < 4.78 is 0. The van der Waals surface area contributed by atoms with Crippen molar-refractivity contribution in [1.29, 1.82) is 0 Å². The van der Waals surface area contributed by atoms with Gasteiger partial charge in [0.05, 0.1) is 5.52 Å². The molecule has 0 bridgehead atoms. The van der Waals surface area contributed by atoms with Crippen molar-refractivity contribution in [3.05, 3.63) is 24.5 Å². The smallest absolute Gasteiger partial charge is 0.222 e. The third kappa shape index (κ3) is 3.83. The van der Waals surface area contributed by atoms with Gasteiger partial charge in [0.15, 0.2) is 0 Å². The number of anilines is 2. The van der Waals surface area contributed by atoms with Crippen LogP contribution in [0, 0.1) is 0 Å². The summed E-state index contributed by atoms with van der Waals surface area (Å²) in [5, 5.41) is 1.09. The third-order valence-electron chi connectivity index (χ3n) is 5.62. The van der Waals surface area contributed by atoms with Crippen LogP contribution in [0.25, 0.3) is 10.9 Å². The summed E-state index contributed by atoms with van der Waals surface area (Å²) in [7, 11) is 4.02. The van der Waals surface area contributed by atoms with E-state index in [1.807, 2.05) is 23.9 Å². The monoisotopic (exact) mass is 368 g/mol. The lowest BCUT2D eigenvalue weighted by Gasteiger charge is -2.36. The van der Waals surface area contributed by atoms with E-state index in [9.17, 15) is 4.79 Å². The van der Waals surface area contributed by atoms with Crippen LogP contribution in [-0.2, 0) is 4.79 Å². The first-order chi connectivity index (χ1) is 13.1. The van der Waals surface area contributed by atoms with Crippen LogP contribution in [0.1, 0.15) is 12.8 Å². The fraction of sp³-hybridized carbons (Fsp3) is 0.550. The Bertz CT molecular complexity index is 815. The maximum absolute atomic E-state index is 11.8. The topological polar surface area (TPSA) is 55.8 Å². The molecule has 0 spiro atoms. The van der Waals surface area contributed by atoms with E-state index < -0.39 is 0 Å². The van der Waals surface area contributed by atoms with E-state index in [0.29, 0.717) is 5.91 Å². The molecule has 0 atom stereocenters. The maximum atomic E-state index is 11.8. The summed E-state index contributed by atoms with van der Waals surface area (Å²) in [6, 6.07) is 6.46. The lowest BCUT2D eigenvalue weighted by Crippen LogP contribution is -2.48. The number of nitrogens with zero attached hydrogens (tertiary/aromatic N) is 6. The average molecular weight is 368 g/mol. The summed E-state index contributed by atoms with van der Waals surface area (Å²) in [6.07, 6.45) is 3.38. The largest absolute Gasteiger partial charge is 0.369 e. The van der Waals surface area contributed by atoms with Gasteiger partial charge in [0.1, 0.15) is 12.1 Å². The van der Waals surface area contributed by atoms with Crippen molar-refractivity contribution in [1.82, 2.24) is 19.8 Å². The van der Waals surface area contributed by atoms with Crippen molar-refractivity contribution in [2.75, 3.05) is 69.7 Å². The van der Waals surface area contributed by atoms with E-state index in [2.05, 4.69) is 38.0 Å². The van der Waals surface area contributed by atoms with Gasteiger partial charge < -0.3 is 14.7 Å². The molecule has 2 aromatic rings. The number of hydrogen-bond acceptors (Lipinski definition) is 6. The van der Waals surface area contributed by atoms with Crippen molar-refractivity contribution < 1.29 is 4.79 Å². The summed E-state index contributed by atoms with van der Waals surface area (Å²) in [6.45, 7) is 6.87. The molecule has 0 N–H and O–H groups in total. The van der Waals surface area contributed by atoms with E-state index in [0.717, 1.165) is 75.4 Å². The van der Waals surface area contributed by atoms with E-state index >= 15 is 0 Å². The molecule has 0 radical (unpaired) electrons. The van der Waals surface area contributed by atoms with Gasteiger partial charge in [-0.1, -0.05) is 0 Å². The zero-order valence-corrected chi connectivity index (χ0v) is 16.3. The van der Waals surface area contributed by atoms with E-state index in [1.165, 1.54) is 5.69 Å². The number of fused-ring (bicyclic) bond motifs is 1. The van der Waals surface area contributed by atoms with Crippen LogP contribution in [0.4, 0.5) is 11.5 Å². The molecule has 0 unspecified atom stereocenters. The highest BCUT2D eigenvalue weighted by atomic mass is 16.2. The molecule has 1 amide bonds. The van der Waals surface area contributed by atoms with Crippen molar-refractivity contribution in [2.45, 2.75) is 12.8 Å². The third-order valence-corrected chi connectivity index (χ3v) is 5.62. The second kappa shape index (κ2) is 7.68. The first-order valence-corrected chi connectivity index (χ1v) is 9.79. The molecule has 0 aliphatic carbocycles. The molecule has 0 saturated carbocycles. The summed E-state index contributed by atoms with van der Waals surface area (Å²) >= 11 is 0. The Morgan fingerprint density at radius 2 is 1.85 bits per heavy atom. The molecule has 2 fully saturated rings. The van der Waals surface area contributed by atoms with Gasteiger partial charge in [0.25, 0.3) is 0 Å². The second-order valence-corrected chi connectivity index (χ2v) is 7.61. The van der Waals surface area contributed by atoms with Crippen LogP contribution in [0.5, 0.6) is 0 Å². The van der Waals surface area contributed by atoms with Gasteiger partial charge in [-0.25, -0.2) is 9.97 Å². The standard InChI is InChI=1S/C20H28N6O/c1-23(2)20-17-14-16(5-6-18(17)21-15-22-20)25-11-8-24(9-12-25)10-13-26-7-3-4-19(26)27/h5-6,14-15H,3-4,7-13H2,1-2H3. The Morgan fingerprint density at radius 1 is 1.04 bits per heavy atom. The molecule has 1 aromatic heterocycles. The van der Waals surface area contributed by atoms with Gasteiger partial charge in [0.2, 0.25) is 5.91 Å². The van der Waals surface area contributed by atoms with Crippen molar-refractivity contribution >= 4 is 28.3 Å². The van der Waals surface area contributed by atoms with Crippen molar-refractivity contribution in [3.63, 3.8) is 0 Å². The number of carbonyl (C=O) groups is 1. The predicted octanol–water partition coefficient (Wildman–Crippen LogP) is 1.44. The average Bonchev–Trinajstić information content (AvgIpc) is 3.10.